The topological polar surface area (TPSA) is 81.1 Å². The van der Waals surface area contributed by atoms with Gasteiger partial charge in [0.2, 0.25) is 0 Å². The predicted octanol–water partition coefficient (Wildman–Crippen LogP) is 4.33. The molecule has 0 saturated heterocycles. The molecular weight excluding hydrogens is 402 g/mol. The summed E-state index contributed by atoms with van der Waals surface area (Å²) in [5.41, 5.74) is 5.87. The lowest BCUT2D eigenvalue weighted by atomic mass is 10.0. The molecule has 1 aliphatic rings. The van der Waals surface area contributed by atoms with Crippen LogP contribution >= 0.6 is 0 Å². The molecule has 2 aromatic carbocycles. The van der Waals surface area contributed by atoms with Crippen molar-refractivity contribution in [2.24, 2.45) is 0 Å². The molecule has 1 amide bonds. The number of aryl methyl sites for hydroxylation is 1. The highest BCUT2D eigenvalue weighted by Crippen LogP contribution is 2.30. The molecule has 0 spiro atoms. The third-order valence-electron chi connectivity index (χ3n) is 6.05. The maximum absolute atomic E-state index is 12.0. The summed E-state index contributed by atoms with van der Waals surface area (Å²) in [5.74, 6) is 1.64. The van der Waals surface area contributed by atoms with E-state index in [9.17, 15) is 4.79 Å². The minimum atomic E-state index is -0.0189. The molecule has 0 unspecified atom stereocenters. The zero-order valence-electron chi connectivity index (χ0n) is 18.3. The fraction of sp³-hybridized carbons (Fsp3) is 0.240. The molecule has 7 nitrogen and oxygen atoms in total. The van der Waals surface area contributed by atoms with Crippen LogP contribution in [0, 0.1) is 6.92 Å². The summed E-state index contributed by atoms with van der Waals surface area (Å²) < 4.78 is 7.77. The van der Waals surface area contributed by atoms with E-state index in [1.54, 1.807) is 13.4 Å². The number of methoxy groups -OCH3 is 1. The van der Waals surface area contributed by atoms with Crippen molar-refractivity contribution in [3.8, 4) is 17.0 Å². The fourth-order valence-corrected chi connectivity index (χ4v) is 4.41. The second-order valence-corrected chi connectivity index (χ2v) is 8.04. The molecule has 4 aromatic rings. The van der Waals surface area contributed by atoms with E-state index in [2.05, 4.69) is 44.2 Å². The Balaban J connectivity index is 1.33. The van der Waals surface area contributed by atoms with Crippen LogP contribution in [-0.4, -0.2) is 34.1 Å². The third kappa shape index (κ3) is 3.45. The van der Waals surface area contributed by atoms with Gasteiger partial charge >= 0.3 is 0 Å². The molecule has 1 atom stereocenters. The lowest BCUT2D eigenvalue weighted by Crippen LogP contribution is -2.16. The highest BCUT2D eigenvalue weighted by molar-refractivity contribution is 5.99. The van der Waals surface area contributed by atoms with Gasteiger partial charge in [0.25, 0.3) is 5.91 Å². The van der Waals surface area contributed by atoms with Crippen LogP contribution in [0.15, 0.2) is 54.9 Å². The summed E-state index contributed by atoms with van der Waals surface area (Å²) in [6.07, 6.45) is 1.57. The average Bonchev–Trinajstić information content (AvgIpc) is 3.28. The van der Waals surface area contributed by atoms with Gasteiger partial charge in [-0.1, -0.05) is 12.1 Å². The Kier molecular flexibility index (Phi) is 5.01. The monoisotopic (exact) mass is 427 g/mol. The van der Waals surface area contributed by atoms with Crippen LogP contribution in [0.25, 0.3) is 22.2 Å². The SMILES string of the molecule is COc1cccc2c1cc(C)n2CCNc1cc(-c2ccc3c(c2)[C@@H](C)NC3=O)ncn1. The fourth-order valence-electron chi connectivity index (χ4n) is 4.41. The van der Waals surface area contributed by atoms with E-state index in [0.29, 0.717) is 0 Å². The molecule has 7 heteroatoms. The molecule has 0 radical (unpaired) electrons. The lowest BCUT2D eigenvalue weighted by molar-refractivity contribution is 0.0958. The average molecular weight is 428 g/mol. The first-order valence-corrected chi connectivity index (χ1v) is 10.7. The number of nitrogens with one attached hydrogen (secondary N) is 2. The molecule has 0 bridgehead atoms. The van der Waals surface area contributed by atoms with E-state index in [-0.39, 0.29) is 11.9 Å². The molecule has 32 heavy (non-hydrogen) atoms. The number of carbonyl (C=O) groups excluding carboxylic acids is 1. The van der Waals surface area contributed by atoms with E-state index >= 15 is 0 Å². The molecule has 0 aliphatic carbocycles. The van der Waals surface area contributed by atoms with Crippen LogP contribution in [0.3, 0.4) is 0 Å². The van der Waals surface area contributed by atoms with E-state index < -0.39 is 0 Å². The number of carbonyl (C=O) groups is 1. The Bertz CT molecular complexity index is 1330. The van der Waals surface area contributed by atoms with Gasteiger partial charge in [0, 0.05) is 41.4 Å². The number of hydrogen-bond acceptors (Lipinski definition) is 5. The van der Waals surface area contributed by atoms with Crippen molar-refractivity contribution >= 4 is 22.6 Å². The zero-order chi connectivity index (χ0) is 22.2. The van der Waals surface area contributed by atoms with Gasteiger partial charge in [-0.15, -0.1) is 0 Å². The molecule has 2 N–H and O–H groups in total. The van der Waals surface area contributed by atoms with Gasteiger partial charge in [0.05, 0.1) is 24.4 Å². The number of anilines is 1. The first kappa shape index (κ1) is 20.1. The van der Waals surface area contributed by atoms with Crippen molar-refractivity contribution < 1.29 is 9.53 Å². The quantitative estimate of drug-likeness (QED) is 0.479. The van der Waals surface area contributed by atoms with E-state index in [1.165, 1.54) is 5.69 Å². The summed E-state index contributed by atoms with van der Waals surface area (Å²) in [6, 6.07) is 16.1. The smallest absolute Gasteiger partial charge is 0.252 e. The predicted molar refractivity (Wildman–Crippen MR) is 125 cm³/mol. The molecule has 0 saturated carbocycles. The Morgan fingerprint density at radius 1 is 1.16 bits per heavy atom. The first-order chi connectivity index (χ1) is 15.5. The number of benzene rings is 2. The molecule has 0 fully saturated rings. The van der Waals surface area contributed by atoms with Gasteiger partial charge in [-0.25, -0.2) is 9.97 Å². The Morgan fingerprint density at radius 3 is 2.88 bits per heavy atom. The summed E-state index contributed by atoms with van der Waals surface area (Å²) in [6.45, 7) is 5.61. The van der Waals surface area contributed by atoms with Crippen LogP contribution in [0.1, 0.15) is 34.6 Å². The minimum absolute atomic E-state index is 0.00939. The number of amides is 1. The zero-order valence-corrected chi connectivity index (χ0v) is 18.3. The molecule has 3 heterocycles. The van der Waals surface area contributed by atoms with Crippen molar-refractivity contribution in [2.45, 2.75) is 26.4 Å². The second-order valence-electron chi connectivity index (χ2n) is 8.04. The van der Waals surface area contributed by atoms with Crippen molar-refractivity contribution in [2.75, 3.05) is 19.0 Å². The van der Waals surface area contributed by atoms with E-state index in [4.69, 9.17) is 4.74 Å². The van der Waals surface area contributed by atoms with Gasteiger partial charge in [-0.3, -0.25) is 4.79 Å². The maximum Gasteiger partial charge on any atom is 0.252 e. The summed E-state index contributed by atoms with van der Waals surface area (Å²) in [5, 5.41) is 7.48. The van der Waals surface area contributed by atoms with Crippen molar-refractivity contribution in [3.63, 3.8) is 0 Å². The summed E-state index contributed by atoms with van der Waals surface area (Å²) in [4.78, 5) is 20.8. The standard InChI is InChI=1S/C25H25N5O2/c1-15-11-20-22(5-4-6-23(20)32-3)30(15)10-9-26-24-13-21(27-14-28-24)17-7-8-18-19(12-17)16(2)29-25(18)31/h4-8,11-14,16H,9-10H2,1-3H3,(H,29,31)(H,26,27,28)/t16-/m1/s1. The van der Waals surface area contributed by atoms with Gasteiger partial charge in [-0.05, 0) is 49.7 Å². The molecule has 2 aromatic heterocycles. The van der Waals surface area contributed by atoms with Gasteiger partial charge in [-0.2, -0.15) is 0 Å². The Labute approximate surface area is 186 Å². The first-order valence-electron chi connectivity index (χ1n) is 10.7. The van der Waals surface area contributed by atoms with Crippen LogP contribution < -0.4 is 15.4 Å². The number of ether oxygens (including phenoxy) is 1. The largest absolute Gasteiger partial charge is 0.496 e. The lowest BCUT2D eigenvalue weighted by Gasteiger charge is -2.11. The highest BCUT2D eigenvalue weighted by atomic mass is 16.5. The minimum Gasteiger partial charge on any atom is -0.496 e. The van der Waals surface area contributed by atoms with E-state index in [1.807, 2.05) is 43.3 Å². The number of aromatic nitrogens is 3. The Hall–Kier alpha value is -3.87. The van der Waals surface area contributed by atoms with Crippen LogP contribution in [0.2, 0.25) is 0 Å². The maximum atomic E-state index is 12.0. The number of rotatable bonds is 6. The summed E-state index contributed by atoms with van der Waals surface area (Å²) in [7, 11) is 1.70. The number of nitrogens with zero attached hydrogens (tertiary/aromatic N) is 3. The van der Waals surface area contributed by atoms with Gasteiger partial charge in [0.1, 0.15) is 17.9 Å². The Morgan fingerprint density at radius 2 is 2.03 bits per heavy atom. The highest BCUT2D eigenvalue weighted by Gasteiger charge is 2.25. The van der Waals surface area contributed by atoms with Gasteiger partial charge in [0.15, 0.2) is 0 Å². The third-order valence-corrected chi connectivity index (χ3v) is 6.05. The molecule has 5 rings (SSSR count). The number of fused-ring (bicyclic) bond motifs is 2. The number of hydrogen-bond donors (Lipinski definition) is 2. The normalized spacial score (nSPS) is 15.0. The van der Waals surface area contributed by atoms with Crippen molar-refractivity contribution in [1.29, 1.82) is 0 Å². The summed E-state index contributed by atoms with van der Waals surface area (Å²) >= 11 is 0. The van der Waals surface area contributed by atoms with Crippen LogP contribution in [0.4, 0.5) is 5.82 Å². The van der Waals surface area contributed by atoms with Crippen LogP contribution in [0.5, 0.6) is 5.75 Å². The van der Waals surface area contributed by atoms with E-state index in [0.717, 1.165) is 57.9 Å². The molecule has 162 valence electrons. The van der Waals surface area contributed by atoms with Crippen molar-refractivity contribution in [3.05, 3.63) is 71.7 Å². The second kappa shape index (κ2) is 8.00. The van der Waals surface area contributed by atoms with Crippen molar-refractivity contribution in [1.82, 2.24) is 19.9 Å². The van der Waals surface area contributed by atoms with Gasteiger partial charge < -0.3 is 19.9 Å². The molecular formula is C25H25N5O2. The van der Waals surface area contributed by atoms with Crippen LogP contribution in [-0.2, 0) is 6.54 Å². The molecule has 1 aliphatic heterocycles.